The minimum atomic E-state index is -0.228. The lowest BCUT2D eigenvalue weighted by Crippen LogP contribution is -2.08. The minimum Gasteiger partial charge on any atom is -0.493 e. The first-order valence-corrected chi connectivity index (χ1v) is 20.1. The van der Waals surface area contributed by atoms with E-state index >= 15 is 0 Å². The van der Waals surface area contributed by atoms with Crippen LogP contribution in [0.15, 0.2) is 47.5 Å². The fraction of sp³-hybridized carbons (Fsp3) is 0.565. The van der Waals surface area contributed by atoms with E-state index in [-0.39, 0.29) is 34.5 Å². The van der Waals surface area contributed by atoms with Gasteiger partial charge in [0.1, 0.15) is 12.1 Å². The largest absolute Gasteiger partial charge is 0.493 e. The third-order valence-electron chi connectivity index (χ3n) is 9.37. The second-order valence-electron chi connectivity index (χ2n) is 14.6. The normalized spacial score (nSPS) is 11.7. The van der Waals surface area contributed by atoms with E-state index in [4.69, 9.17) is 18.9 Å². The molecule has 0 saturated heterocycles. The summed E-state index contributed by atoms with van der Waals surface area (Å²) in [6.45, 7) is 8.42. The lowest BCUT2D eigenvalue weighted by Gasteiger charge is -2.12. The van der Waals surface area contributed by atoms with Crippen molar-refractivity contribution >= 4 is 23.7 Å². The summed E-state index contributed by atoms with van der Waals surface area (Å²) in [4.78, 5) is 24.4. The van der Waals surface area contributed by atoms with E-state index < -0.39 is 0 Å². The molecule has 0 aliphatic rings. The molecular formula is C46H64N2O6. The number of hydrogen-bond acceptors (Lipinski definition) is 8. The zero-order valence-corrected chi connectivity index (χ0v) is 33.8. The van der Waals surface area contributed by atoms with Crippen LogP contribution in [0.4, 0.5) is 0 Å². The van der Waals surface area contributed by atoms with Gasteiger partial charge in [0, 0.05) is 11.8 Å². The Bertz CT molecular complexity index is 1460. The van der Waals surface area contributed by atoms with E-state index in [2.05, 4.69) is 0 Å². The van der Waals surface area contributed by atoms with Crippen molar-refractivity contribution in [3.63, 3.8) is 0 Å². The molecule has 8 nitrogen and oxygen atoms in total. The number of ketones is 2. The average molecular weight is 741 g/mol. The number of rotatable bonds is 29. The van der Waals surface area contributed by atoms with E-state index in [0.717, 1.165) is 36.8 Å². The predicted octanol–water partition coefficient (Wildman–Crippen LogP) is 11.7. The van der Waals surface area contributed by atoms with Gasteiger partial charge in [0.05, 0.1) is 38.6 Å². The standard InChI is InChI=1S/C46H64N2O6/c1-35(2)45(49)39(33-47)29-37-23-25-41(43(31-37)51-5)53-27-21-19-17-15-13-11-9-7-8-10-12-14-16-18-20-22-28-54-42-26-24-38(32-44(42)52-6)30-40(34-48)46(50)36(3)4/h23-26,29-32,35-36H,7-22,27-28H2,1-6H3. The number of benzene rings is 2. The van der Waals surface area contributed by atoms with E-state index in [9.17, 15) is 20.1 Å². The van der Waals surface area contributed by atoms with Crippen molar-refractivity contribution in [1.29, 1.82) is 10.5 Å². The van der Waals surface area contributed by atoms with Crippen LogP contribution >= 0.6 is 0 Å². The number of nitrogens with zero attached hydrogens (tertiary/aromatic N) is 2. The molecule has 0 radical (unpaired) electrons. The Morgan fingerprint density at radius 1 is 0.519 bits per heavy atom. The van der Waals surface area contributed by atoms with Gasteiger partial charge in [-0.05, 0) is 60.4 Å². The molecule has 54 heavy (non-hydrogen) atoms. The number of ether oxygens (including phenoxy) is 4. The molecule has 0 aliphatic carbocycles. The minimum absolute atomic E-state index is 0.146. The molecule has 0 N–H and O–H groups in total. The van der Waals surface area contributed by atoms with Crippen LogP contribution in [-0.4, -0.2) is 39.0 Å². The van der Waals surface area contributed by atoms with Gasteiger partial charge in [-0.15, -0.1) is 0 Å². The first kappa shape index (κ1) is 45.6. The van der Waals surface area contributed by atoms with Crippen molar-refractivity contribution in [3.8, 4) is 35.1 Å². The van der Waals surface area contributed by atoms with Gasteiger partial charge in [-0.25, -0.2) is 0 Å². The molecule has 0 bridgehead atoms. The van der Waals surface area contributed by atoms with Crippen LogP contribution in [0.1, 0.15) is 142 Å². The van der Waals surface area contributed by atoms with Crippen molar-refractivity contribution in [2.75, 3.05) is 27.4 Å². The highest BCUT2D eigenvalue weighted by Crippen LogP contribution is 2.31. The van der Waals surface area contributed by atoms with Crippen LogP contribution in [0.3, 0.4) is 0 Å². The average Bonchev–Trinajstić information content (AvgIpc) is 3.17. The van der Waals surface area contributed by atoms with Gasteiger partial charge in [-0.1, -0.05) is 130 Å². The zero-order valence-electron chi connectivity index (χ0n) is 33.8. The molecule has 0 spiro atoms. The molecule has 0 unspecified atom stereocenters. The Morgan fingerprint density at radius 2 is 0.815 bits per heavy atom. The Labute approximate surface area is 325 Å². The van der Waals surface area contributed by atoms with Gasteiger partial charge in [0.2, 0.25) is 0 Å². The fourth-order valence-electron chi connectivity index (χ4n) is 6.10. The molecule has 2 aromatic carbocycles. The Kier molecular flexibility index (Phi) is 22.9. The highest BCUT2D eigenvalue weighted by molar-refractivity contribution is 6.04. The second kappa shape index (κ2) is 27.1. The maximum Gasteiger partial charge on any atom is 0.175 e. The summed E-state index contributed by atoms with van der Waals surface area (Å²) in [6, 6.07) is 15.0. The molecule has 0 aliphatic heterocycles. The van der Waals surface area contributed by atoms with Crippen LogP contribution in [0.5, 0.6) is 23.0 Å². The quantitative estimate of drug-likeness (QED) is 0.0459. The van der Waals surface area contributed by atoms with Gasteiger partial charge in [0.25, 0.3) is 0 Å². The first-order chi connectivity index (χ1) is 26.1. The summed E-state index contributed by atoms with van der Waals surface area (Å²) in [5, 5.41) is 18.7. The molecular weight excluding hydrogens is 677 g/mol. The summed E-state index contributed by atoms with van der Waals surface area (Å²) >= 11 is 0. The van der Waals surface area contributed by atoms with Crippen LogP contribution < -0.4 is 18.9 Å². The molecule has 294 valence electrons. The molecule has 0 saturated carbocycles. The lowest BCUT2D eigenvalue weighted by molar-refractivity contribution is -0.118. The van der Waals surface area contributed by atoms with Gasteiger partial charge in [-0.3, -0.25) is 9.59 Å². The highest BCUT2D eigenvalue weighted by Gasteiger charge is 2.15. The second-order valence-corrected chi connectivity index (χ2v) is 14.6. The third-order valence-corrected chi connectivity index (χ3v) is 9.37. The molecule has 0 heterocycles. The van der Waals surface area contributed by atoms with Crippen molar-refractivity contribution in [2.45, 2.75) is 130 Å². The van der Waals surface area contributed by atoms with Crippen molar-refractivity contribution in [1.82, 2.24) is 0 Å². The maximum absolute atomic E-state index is 12.2. The Balaban J connectivity index is 1.45. The summed E-state index contributed by atoms with van der Waals surface area (Å²) in [5.74, 6) is 1.76. The molecule has 8 heteroatoms. The maximum atomic E-state index is 12.2. The number of methoxy groups -OCH3 is 2. The highest BCUT2D eigenvalue weighted by atomic mass is 16.5. The summed E-state index contributed by atoms with van der Waals surface area (Å²) < 4.78 is 22.9. The van der Waals surface area contributed by atoms with Crippen molar-refractivity contribution in [3.05, 3.63) is 58.7 Å². The summed E-state index contributed by atoms with van der Waals surface area (Å²) in [5.41, 5.74) is 1.77. The number of carbonyl (C=O) groups is 2. The number of Topliss-reactive ketones (excluding diaryl/α,β-unsaturated/α-hetero) is 2. The van der Waals surface area contributed by atoms with Crippen molar-refractivity contribution < 1.29 is 28.5 Å². The number of hydrogen-bond donors (Lipinski definition) is 0. The number of unbranched alkanes of at least 4 members (excludes halogenated alkanes) is 15. The number of nitriles is 2. The molecule has 0 amide bonds. The Hall–Kier alpha value is -4.56. The van der Waals surface area contributed by atoms with Gasteiger partial charge in [0.15, 0.2) is 34.6 Å². The summed E-state index contributed by atoms with van der Waals surface area (Å²) in [6.07, 6.45) is 23.1. The molecule has 2 aromatic rings. The van der Waals surface area contributed by atoms with Crippen molar-refractivity contribution in [2.24, 2.45) is 11.8 Å². The van der Waals surface area contributed by atoms with E-state index in [1.54, 1.807) is 66.2 Å². The lowest BCUT2D eigenvalue weighted by atomic mass is 10.00. The molecule has 0 aromatic heterocycles. The van der Waals surface area contributed by atoms with Crippen LogP contribution in [0.2, 0.25) is 0 Å². The first-order valence-electron chi connectivity index (χ1n) is 20.1. The fourth-order valence-corrected chi connectivity index (χ4v) is 6.10. The monoisotopic (exact) mass is 740 g/mol. The van der Waals surface area contributed by atoms with E-state index in [0.29, 0.717) is 36.2 Å². The topological polar surface area (TPSA) is 119 Å². The number of allylic oxidation sites excluding steroid dienone is 2. The van der Waals surface area contributed by atoms with Gasteiger partial charge in [-0.2, -0.15) is 10.5 Å². The third kappa shape index (κ3) is 17.5. The smallest absolute Gasteiger partial charge is 0.175 e. The number of carbonyl (C=O) groups excluding carboxylic acids is 2. The van der Waals surface area contributed by atoms with Crippen LogP contribution in [0, 0.1) is 34.5 Å². The molecule has 0 fully saturated rings. The van der Waals surface area contributed by atoms with Crippen LogP contribution in [0.25, 0.3) is 12.2 Å². The van der Waals surface area contributed by atoms with E-state index in [1.165, 1.54) is 77.0 Å². The molecule has 0 atom stereocenters. The SMILES string of the molecule is COc1cc(C=C(C#N)C(=O)C(C)C)ccc1OCCCCCCCCCCCCCCCCCCOc1ccc(C=C(C#N)C(=O)C(C)C)cc1OC. The van der Waals surface area contributed by atoms with Gasteiger partial charge < -0.3 is 18.9 Å². The zero-order chi connectivity index (χ0) is 39.6. The predicted molar refractivity (Wildman–Crippen MR) is 218 cm³/mol. The van der Waals surface area contributed by atoms with Gasteiger partial charge >= 0.3 is 0 Å². The Morgan fingerprint density at radius 3 is 1.07 bits per heavy atom. The molecule has 2 rings (SSSR count). The van der Waals surface area contributed by atoms with Crippen LogP contribution in [-0.2, 0) is 9.59 Å². The van der Waals surface area contributed by atoms with E-state index in [1.807, 2.05) is 36.4 Å². The summed E-state index contributed by atoms with van der Waals surface area (Å²) in [7, 11) is 3.19.